The molecule has 1 aliphatic rings. The molecule has 0 saturated heterocycles. The van der Waals surface area contributed by atoms with Gasteiger partial charge in [0.15, 0.2) is 0 Å². The number of hydrogen-bond acceptors (Lipinski definition) is 4. The number of hydrogen-bond donors (Lipinski definition) is 4. The third kappa shape index (κ3) is 2.45. The van der Waals surface area contributed by atoms with Crippen molar-refractivity contribution in [2.45, 2.75) is 13.8 Å². The maximum atomic E-state index is 11.1. The van der Waals surface area contributed by atoms with Gasteiger partial charge < -0.3 is 11.6 Å². The van der Waals surface area contributed by atoms with E-state index >= 15 is 0 Å². The predicted octanol–water partition coefficient (Wildman–Crippen LogP) is 1.45. The van der Waals surface area contributed by atoms with Crippen molar-refractivity contribution in [1.29, 1.82) is 0 Å². The van der Waals surface area contributed by atoms with E-state index in [1.807, 2.05) is 32.0 Å². The minimum absolute atomic E-state index is 0. The van der Waals surface area contributed by atoms with E-state index in [-0.39, 0.29) is 12.1 Å². The number of rotatable bonds is 0. The Morgan fingerprint density at radius 1 is 1.07 bits per heavy atom. The monoisotopic (exact) mass is 196 g/mol. The molecule has 1 heterocycles. The molecule has 0 saturated carbocycles. The van der Waals surface area contributed by atoms with Crippen molar-refractivity contribution >= 4 is 11.6 Å². The summed E-state index contributed by atoms with van der Waals surface area (Å²) in [7, 11) is 0. The van der Waals surface area contributed by atoms with Gasteiger partial charge in [-0.05, 0) is 12.1 Å². The highest BCUT2D eigenvalue weighted by atomic mass is 16.2. The Labute approximate surface area is 83.4 Å². The second kappa shape index (κ2) is 5.95. The van der Waals surface area contributed by atoms with Gasteiger partial charge in [0, 0.05) is 0 Å². The largest absolute Gasteiger partial charge is 0.344 e. The summed E-state index contributed by atoms with van der Waals surface area (Å²) in [6.07, 6.45) is 0. The summed E-state index contributed by atoms with van der Waals surface area (Å²) in [5.41, 5.74) is 9.25. The molecule has 1 aromatic rings. The van der Waals surface area contributed by atoms with Crippen molar-refractivity contribution < 1.29 is 4.79 Å². The fourth-order valence-corrected chi connectivity index (χ4v) is 1.01. The lowest BCUT2D eigenvalue weighted by Gasteiger charge is -2.18. The maximum Gasteiger partial charge on any atom is 0.268 e. The molecule has 0 aliphatic carbocycles. The topological polar surface area (TPSA) is 88.2 Å². The number of carbonyl (C=O) groups is 1. The summed E-state index contributed by atoms with van der Waals surface area (Å²) in [5.74, 6) is -0.112. The Balaban J connectivity index is 0.000000531. The summed E-state index contributed by atoms with van der Waals surface area (Å²) in [5, 5.41) is 0. The van der Waals surface area contributed by atoms with Crippen molar-refractivity contribution in [3.63, 3.8) is 0 Å². The normalized spacial score (nSPS) is 12.0. The average molecular weight is 196 g/mol. The minimum Gasteiger partial charge on any atom is -0.344 e. The third-order valence-electron chi connectivity index (χ3n) is 1.54. The number of hydrazine groups is 2. The van der Waals surface area contributed by atoms with Gasteiger partial charge in [0.1, 0.15) is 0 Å². The molecule has 0 unspecified atom stereocenters. The van der Waals surface area contributed by atoms with Crippen LogP contribution in [0.25, 0.3) is 0 Å². The fourth-order valence-electron chi connectivity index (χ4n) is 1.01. The van der Waals surface area contributed by atoms with E-state index in [0.717, 1.165) is 5.69 Å². The molecule has 0 bridgehead atoms. The van der Waals surface area contributed by atoms with Crippen molar-refractivity contribution in [2.24, 2.45) is 0 Å². The molecule has 0 atom stereocenters. The van der Waals surface area contributed by atoms with Gasteiger partial charge >= 0.3 is 0 Å². The number of benzene rings is 1. The molecular formula is C9H16N4O. The van der Waals surface area contributed by atoms with Gasteiger partial charge in [-0.2, -0.15) is 0 Å². The lowest BCUT2D eigenvalue weighted by atomic mass is 10.1. The van der Waals surface area contributed by atoms with E-state index in [4.69, 9.17) is 0 Å². The molecule has 2 rings (SSSR count). The number of amides is 1. The Hall–Kier alpha value is -1.59. The average Bonchev–Trinajstić information content (AvgIpc) is 2.22. The van der Waals surface area contributed by atoms with Crippen LogP contribution < -0.4 is 22.5 Å². The molecule has 78 valence electrons. The van der Waals surface area contributed by atoms with E-state index in [1.54, 1.807) is 6.07 Å². The quantitative estimate of drug-likeness (QED) is 0.505. The summed E-state index contributed by atoms with van der Waals surface area (Å²) in [4.78, 5) is 11.1. The van der Waals surface area contributed by atoms with Crippen LogP contribution in [0.2, 0.25) is 0 Å². The van der Waals surface area contributed by atoms with Crippen LogP contribution in [-0.4, -0.2) is 5.91 Å². The Morgan fingerprint density at radius 3 is 2.36 bits per heavy atom. The molecule has 5 nitrogen and oxygen atoms in total. The molecule has 0 spiro atoms. The molecule has 0 radical (unpaired) electrons. The fraction of sp³-hybridized carbons (Fsp3) is 0.222. The zero-order valence-corrected chi connectivity index (χ0v) is 8.42. The van der Waals surface area contributed by atoms with Crippen molar-refractivity contribution in [3.05, 3.63) is 29.8 Å². The zero-order valence-electron chi connectivity index (χ0n) is 8.42. The standard InChI is InChI=1S/C7H7N3O.C2H6.H3N/c11-7-5-3-1-2-4-6(5)8-10-9-7;1-2;/h1-4,8,10H,(H,9,11);1-2H3;1H3. The van der Waals surface area contributed by atoms with Gasteiger partial charge in [-0.1, -0.05) is 26.0 Å². The molecular weight excluding hydrogens is 180 g/mol. The molecule has 0 aromatic heterocycles. The van der Waals surface area contributed by atoms with Crippen LogP contribution in [0.5, 0.6) is 0 Å². The van der Waals surface area contributed by atoms with Gasteiger partial charge in [-0.3, -0.25) is 10.2 Å². The Morgan fingerprint density at radius 2 is 1.71 bits per heavy atom. The molecule has 5 heteroatoms. The molecule has 1 aliphatic heterocycles. The number of carbonyl (C=O) groups excluding carboxylic acids is 1. The van der Waals surface area contributed by atoms with Gasteiger partial charge in [0.25, 0.3) is 5.91 Å². The Kier molecular flexibility index (Phi) is 5.28. The van der Waals surface area contributed by atoms with Crippen LogP contribution in [0, 0.1) is 0 Å². The molecule has 6 N–H and O–H groups in total. The first-order chi connectivity index (χ1) is 6.38. The highest BCUT2D eigenvalue weighted by Crippen LogP contribution is 2.14. The zero-order chi connectivity index (χ0) is 9.68. The van der Waals surface area contributed by atoms with Gasteiger partial charge in [-0.25, -0.2) is 0 Å². The second-order valence-corrected chi connectivity index (χ2v) is 2.25. The summed E-state index contributed by atoms with van der Waals surface area (Å²) < 4.78 is 0. The van der Waals surface area contributed by atoms with E-state index in [1.165, 1.54) is 0 Å². The molecule has 0 fully saturated rings. The van der Waals surface area contributed by atoms with Crippen molar-refractivity contribution in [3.8, 4) is 0 Å². The minimum atomic E-state index is -0.112. The maximum absolute atomic E-state index is 11.1. The summed E-state index contributed by atoms with van der Waals surface area (Å²) >= 11 is 0. The first-order valence-corrected chi connectivity index (χ1v) is 4.28. The van der Waals surface area contributed by atoms with E-state index in [9.17, 15) is 4.79 Å². The van der Waals surface area contributed by atoms with Crippen LogP contribution in [-0.2, 0) is 0 Å². The number of fused-ring (bicyclic) bond motifs is 1. The summed E-state index contributed by atoms with van der Waals surface area (Å²) in [6.45, 7) is 4.00. The van der Waals surface area contributed by atoms with Gasteiger partial charge in [0.05, 0.1) is 11.3 Å². The van der Waals surface area contributed by atoms with E-state index < -0.39 is 0 Å². The second-order valence-electron chi connectivity index (χ2n) is 2.25. The highest BCUT2D eigenvalue weighted by molar-refractivity contribution is 6.00. The van der Waals surface area contributed by atoms with Crippen LogP contribution in [0.3, 0.4) is 0 Å². The van der Waals surface area contributed by atoms with Crippen LogP contribution in [0.15, 0.2) is 24.3 Å². The van der Waals surface area contributed by atoms with Crippen LogP contribution in [0.1, 0.15) is 24.2 Å². The predicted molar refractivity (Wildman–Crippen MR) is 57.0 cm³/mol. The molecule has 1 amide bonds. The Bertz CT molecular complexity index is 301. The SMILES string of the molecule is CC.N.O=C1NNNc2ccccc21. The first-order valence-electron chi connectivity index (χ1n) is 4.28. The first kappa shape index (κ1) is 12.4. The van der Waals surface area contributed by atoms with Crippen LogP contribution in [0.4, 0.5) is 5.69 Å². The van der Waals surface area contributed by atoms with Crippen molar-refractivity contribution in [1.82, 2.24) is 17.1 Å². The lowest BCUT2D eigenvalue weighted by Crippen LogP contribution is -2.45. The van der Waals surface area contributed by atoms with Crippen LogP contribution >= 0.6 is 0 Å². The van der Waals surface area contributed by atoms with Gasteiger partial charge in [0.2, 0.25) is 0 Å². The number of nitrogens with one attached hydrogen (secondary N) is 3. The molecule has 14 heavy (non-hydrogen) atoms. The van der Waals surface area contributed by atoms with E-state index in [2.05, 4.69) is 16.4 Å². The smallest absolute Gasteiger partial charge is 0.268 e. The number of anilines is 1. The van der Waals surface area contributed by atoms with E-state index in [0.29, 0.717) is 5.56 Å². The third-order valence-corrected chi connectivity index (χ3v) is 1.54. The summed E-state index contributed by atoms with van der Waals surface area (Å²) in [6, 6.07) is 7.29. The lowest BCUT2D eigenvalue weighted by molar-refractivity contribution is 0.0931. The number of para-hydroxylation sites is 1. The van der Waals surface area contributed by atoms with Crippen molar-refractivity contribution in [2.75, 3.05) is 5.43 Å². The van der Waals surface area contributed by atoms with Gasteiger partial charge in [-0.15, -0.1) is 5.53 Å². The molecule has 1 aromatic carbocycles. The highest BCUT2D eigenvalue weighted by Gasteiger charge is 2.13.